The van der Waals surface area contributed by atoms with Crippen molar-refractivity contribution in [1.82, 2.24) is 4.72 Å². The Morgan fingerprint density at radius 1 is 1.04 bits per heavy atom. The molecule has 276 valence electrons. The molecule has 3 heterocycles. The van der Waals surface area contributed by atoms with Gasteiger partial charge in [0.25, 0.3) is 11.8 Å². The lowest BCUT2D eigenvalue weighted by Crippen LogP contribution is -2.44. The predicted molar refractivity (Wildman–Crippen MR) is 204 cm³/mol. The van der Waals surface area contributed by atoms with Crippen LogP contribution in [-0.4, -0.2) is 54.2 Å². The van der Waals surface area contributed by atoms with Crippen LogP contribution >= 0.6 is 11.6 Å². The lowest BCUT2D eigenvalue weighted by atomic mass is 9.70. The first-order chi connectivity index (χ1) is 25.2. The summed E-state index contributed by atoms with van der Waals surface area (Å²) in [6.07, 6.45) is 9.06. The molecule has 3 aromatic carbocycles. The van der Waals surface area contributed by atoms with Crippen molar-refractivity contribution < 1.29 is 28.0 Å². The molecule has 0 spiro atoms. The molecule has 3 aromatic rings. The van der Waals surface area contributed by atoms with Crippen molar-refractivity contribution in [1.29, 1.82) is 0 Å². The fourth-order valence-corrected chi connectivity index (χ4v) is 10.0. The van der Waals surface area contributed by atoms with Gasteiger partial charge in [0, 0.05) is 37.2 Å². The van der Waals surface area contributed by atoms with Crippen molar-refractivity contribution >= 4 is 39.0 Å². The van der Waals surface area contributed by atoms with Crippen molar-refractivity contribution in [2.24, 2.45) is 22.1 Å². The van der Waals surface area contributed by atoms with E-state index in [9.17, 15) is 13.8 Å². The van der Waals surface area contributed by atoms with Crippen LogP contribution in [0.3, 0.4) is 0 Å². The predicted octanol–water partition coefficient (Wildman–Crippen LogP) is 7.48. The molecule has 0 radical (unpaired) electrons. The number of nitrogens with one attached hydrogen (secondary N) is 1. The van der Waals surface area contributed by atoms with Crippen molar-refractivity contribution in [3.63, 3.8) is 0 Å². The van der Waals surface area contributed by atoms with Gasteiger partial charge in [-0.3, -0.25) is 14.3 Å². The Bertz CT molecular complexity index is 1960. The number of rotatable bonds is 3. The molecule has 11 heteroatoms. The molecule has 1 fully saturated rings. The largest absolute Gasteiger partial charge is 0.491 e. The molecule has 4 aliphatic rings. The summed E-state index contributed by atoms with van der Waals surface area (Å²) in [5.41, 5.74) is 5.49. The van der Waals surface area contributed by atoms with Crippen molar-refractivity contribution in [3.05, 3.63) is 106 Å². The Labute approximate surface area is 312 Å². The number of carbonyl (C=O) groups excluding carboxylic acids is 2. The summed E-state index contributed by atoms with van der Waals surface area (Å²) in [4.78, 5) is 30.0. The molecular formula is C41H48ClN3O6S. The monoisotopic (exact) mass is 745 g/mol. The van der Waals surface area contributed by atoms with E-state index in [4.69, 9.17) is 25.8 Å². The topological polar surface area (TPSA) is 107 Å². The lowest BCUT2D eigenvalue weighted by Gasteiger charge is -2.43. The number of fused-ring (bicyclic) bond motifs is 4. The molecule has 1 unspecified atom stereocenters. The van der Waals surface area contributed by atoms with E-state index in [1.807, 2.05) is 49.4 Å². The molecule has 7 rings (SSSR count). The summed E-state index contributed by atoms with van der Waals surface area (Å²) in [5.74, 6) is 0.0270. The lowest BCUT2D eigenvalue weighted by molar-refractivity contribution is -0.132. The number of hydrogen-bond acceptors (Lipinski definition) is 7. The number of aryl methyl sites for hydroxylation is 1. The molecule has 52 heavy (non-hydrogen) atoms. The number of amides is 2. The molecule has 2 bridgehead atoms. The fraction of sp³-hybridized carbons (Fsp3) is 0.463. The third-order valence-corrected chi connectivity index (χ3v) is 13.2. The van der Waals surface area contributed by atoms with Crippen molar-refractivity contribution in [2.75, 3.05) is 30.9 Å². The minimum atomic E-state index is -3.55. The van der Waals surface area contributed by atoms with Crippen LogP contribution in [0.1, 0.15) is 71.6 Å². The molecule has 1 saturated carbocycles. The fourth-order valence-electron chi connectivity index (χ4n) is 7.91. The SMILES string of the molecule is CO[C@H]1/C=C/C[C@H](C)CS(=O)(NC(=O)[C@H]2Cc3ccccc3CO2)=NC(=O)c2ccc3c(c2)N(Cc2ccc(Cl)cc2CCCCO3)C[C@@H]2CC[C@H]21. The summed E-state index contributed by atoms with van der Waals surface area (Å²) in [7, 11) is -1.79. The quantitative estimate of drug-likeness (QED) is 0.277. The van der Waals surface area contributed by atoms with Gasteiger partial charge in [-0.05, 0) is 109 Å². The standard InChI is InChI=1S/C41H48ClN3O6S/c1-27-8-7-12-37(49-2)35-17-14-32(35)24-45-23-31-13-16-34(42)20-28(31)10-5-6-19-50-38-18-15-30(21-36(38)45)40(46)43-52(48,26-27)44-41(47)39-22-29-9-3-4-11-33(29)25-51-39/h3-4,7,9,11-13,15-16,18,20-21,27,32,35,37,39H,5-6,8,10,14,17,19,22-26H2,1-2H3,(H,43,44,46,47,48)/b12-7+/t27-,32-,35+,37-,39+,52?/m0/s1. The van der Waals surface area contributed by atoms with E-state index >= 15 is 0 Å². The van der Waals surface area contributed by atoms with Crippen LogP contribution in [-0.2, 0) is 50.2 Å². The zero-order valence-electron chi connectivity index (χ0n) is 29.9. The van der Waals surface area contributed by atoms with Gasteiger partial charge in [0.05, 0.1) is 30.8 Å². The third-order valence-electron chi connectivity index (χ3n) is 10.9. The Balaban J connectivity index is 1.28. The molecule has 0 saturated heterocycles. The number of methoxy groups -OCH3 is 1. The van der Waals surface area contributed by atoms with Gasteiger partial charge in [-0.2, -0.15) is 0 Å². The van der Waals surface area contributed by atoms with Gasteiger partial charge in [-0.15, -0.1) is 4.36 Å². The summed E-state index contributed by atoms with van der Waals surface area (Å²) >= 11 is 6.48. The Kier molecular flexibility index (Phi) is 11.4. The zero-order valence-corrected chi connectivity index (χ0v) is 31.5. The van der Waals surface area contributed by atoms with Crippen LogP contribution < -0.4 is 14.4 Å². The highest BCUT2D eigenvalue weighted by Crippen LogP contribution is 2.42. The normalized spacial score (nSPS) is 28.6. The van der Waals surface area contributed by atoms with E-state index in [1.54, 1.807) is 13.2 Å². The maximum Gasteiger partial charge on any atom is 0.286 e. The first-order valence-corrected chi connectivity index (χ1v) is 20.5. The highest BCUT2D eigenvalue weighted by atomic mass is 35.5. The second-order valence-corrected chi connectivity index (χ2v) is 17.1. The van der Waals surface area contributed by atoms with E-state index in [0.717, 1.165) is 55.5 Å². The minimum Gasteiger partial charge on any atom is -0.491 e. The molecule has 1 N–H and O–H groups in total. The average molecular weight is 746 g/mol. The van der Waals surface area contributed by atoms with E-state index in [-0.39, 0.29) is 29.9 Å². The van der Waals surface area contributed by atoms with E-state index in [1.165, 1.54) is 11.1 Å². The Hall–Kier alpha value is -3.70. The zero-order chi connectivity index (χ0) is 36.2. The molecule has 9 nitrogen and oxygen atoms in total. The molecule has 6 atom stereocenters. The van der Waals surface area contributed by atoms with Gasteiger partial charge in [-0.25, -0.2) is 4.21 Å². The third kappa shape index (κ3) is 8.41. The second-order valence-electron chi connectivity index (χ2n) is 14.7. The highest BCUT2D eigenvalue weighted by Gasteiger charge is 2.38. The van der Waals surface area contributed by atoms with E-state index in [2.05, 4.69) is 38.3 Å². The number of allylic oxidation sites excluding steroid dienone is 1. The average Bonchev–Trinajstić information content (AvgIpc) is 3.15. The van der Waals surface area contributed by atoms with Crippen molar-refractivity contribution in [3.8, 4) is 5.75 Å². The molecule has 2 amide bonds. The van der Waals surface area contributed by atoms with E-state index < -0.39 is 27.8 Å². The van der Waals surface area contributed by atoms with Crippen LogP contribution in [0, 0.1) is 17.8 Å². The van der Waals surface area contributed by atoms with Gasteiger partial charge < -0.3 is 19.1 Å². The van der Waals surface area contributed by atoms with Crippen LogP contribution in [0.5, 0.6) is 5.75 Å². The Morgan fingerprint density at radius 2 is 1.88 bits per heavy atom. The molecular weight excluding hydrogens is 698 g/mol. The smallest absolute Gasteiger partial charge is 0.286 e. The number of carbonyl (C=O) groups is 2. The van der Waals surface area contributed by atoms with Gasteiger partial charge in [0.15, 0.2) is 0 Å². The number of halogens is 1. The van der Waals surface area contributed by atoms with Gasteiger partial charge in [0.1, 0.15) is 21.8 Å². The maximum atomic E-state index is 14.7. The van der Waals surface area contributed by atoms with Gasteiger partial charge >= 0.3 is 0 Å². The summed E-state index contributed by atoms with van der Waals surface area (Å²) in [6, 6.07) is 19.2. The van der Waals surface area contributed by atoms with Crippen LogP contribution in [0.2, 0.25) is 5.02 Å². The molecule has 0 aromatic heterocycles. The van der Waals surface area contributed by atoms with Crippen LogP contribution in [0.25, 0.3) is 0 Å². The first-order valence-electron chi connectivity index (χ1n) is 18.5. The number of benzene rings is 3. The first kappa shape index (κ1) is 36.6. The second kappa shape index (κ2) is 16.1. The number of hydrogen-bond donors (Lipinski definition) is 1. The van der Waals surface area contributed by atoms with Crippen LogP contribution in [0.4, 0.5) is 5.69 Å². The van der Waals surface area contributed by atoms with Crippen LogP contribution in [0.15, 0.2) is 77.2 Å². The van der Waals surface area contributed by atoms with E-state index in [0.29, 0.717) is 48.6 Å². The van der Waals surface area contributed by atoms with Crippen molar-refractivity contribution in [2.45, 2.75) is 77.2 Å². The summed E-state index contributed by atoms with van der Waals surface area (Å²) in [6.45, 7) is 4.10. The van der Waals surface area contributed by atoms with Gasteiger partial charge in [0.2, 0.25) is 0 Å². The molecule has 3 aliphatic heterocycles. The summed E-state index contributed by atoms with van der Waals surface area (Å²) < 4.78 is 40.0. The Morgan fingerprint density at radius 3 is 2.69 bits per heavy atom. The maximum absolute atomic E-state index is 14.7. The summed E-state index contributed by atoms with van der Waals surface area (Å²) in [5, 5.41) is 0.714. The number of ether oxygens (including phenoxy) is 3. The number of nitrogens with zero attached hydrogens (tertiary/aromatic N) is 2. The van der Waals surface area contributed by atoms with Gasteiger partial charge in [-0.1, -0.05) is 61.0 Å². The minimum absolute atomic E-state index is 0.00134. The number of anilines is 1. The molecule has 1 aliphatic carbocycles. The highest BCUT2D eigenvalue weighted by molar-refractivity contribution is 7.92.